The summed E-state index contributed by atoms with van der Waals surface area (Å²) in [5.74, 6) is 0.268. The van der Waals surface area contributed by atoms with E-state index in [1.807, 2.05) is 6.07 Å². The van der Waals surface area contributed by atoms with E-state index in [0.29, 0.717) is 28.6 Å². The highest BCUT2D eigenvalue weighted by Crippen LogP contribution is 2.21. The summed E-state index contributed by atoms with van der Waals surface area (Å²) in [6.45, 7) is 1.76. The van der Waals surface area contributed by atoms with Gasteiger partial charge in [0.15, 0.2) is 0 Å². The summed E-state index contributed by atoms with van der Waals surface area (Å²) in [5.41, 5.74) is 2.16. The molecule has 1 N–H and O–H groups in total. The molecule has 1 amide bonds. The molecular weight excluding hydrogens is 334 g/mol. The molecule has 0 aliphatic rings. The summed E-state index contributed by atoms with van der Waals surface area (Å²) < 4.78 is 10.3. The maximum absolute atomic E-state index is 12.3. The third-order valence-electron chi connectivity index (χ3n) is 3.70. The van der Waals surface area contributed by atoms with Crippen LogP contribution in [0, 0.1) is 6.92 Å². The predicted octanol–water partition coefficient (Wildman–Crippen LogP) is 3.01. The number of pyridine rings is 1. The molecular formula is C19H17N3O4. The lowest BCUT2D eigenvalue weighted by atomic mass is 10.2. The number of benzene rings is 1. The Balaban J connectivity index is 1.71. The van der Waals surface area contributed by atoms with Crippen molar-refractivity contribution in [1.82, 2.24) is 9.97 Å². The van der Waals surface area contributed by atoms with Gasteiger partial charge in [-0.15, -0.1) is 0 Å². The fraction of sp³-hybridized carbons (Fsp3) is 0.158. The van der Waals surface area contributed by atoms with Crippen LogP contribution >= 0.6 is 0 Å². The van der Waals surface area contributed by atoms with E-state index in [1.54, 1.807) is 49.6 Å². The number of nitrogens with zero attached hydrogens (tertiary/aromatic N) is 2. The van der Waals surface area contributed by atoms with Crippen molar-refractivity contribution < 1.29 is 18.7 Å². The van der Waals surface area contributed by atoms with Gasteiger partial charge in [0, 0.05) is 18.1 Å². The lowest BCUT2D eigenvalue weighted by Gasteiger charge is -2.06. The van der Waals surface area contributed by atoms with Gasteiger partial charge in [-0.05, 0) is 37.3 Å². The number of hydrogen-bond donors (Lipinski definition) is 1. The summed E-state index contributed by atoms with van der Waals surface area (Å²) in [6.07, 6.45) is 3.36. The van der Waals surface area contributed by atoms with Crippen LogP contribution in [-0.4, -0.2) is 29.0 Å². The summed E-state index contributed by atoms with van der Waals surface area (Å²) in [7, 11) is 1.31. The standard InChI is InChI=1S/C19H17N3O4/c1-12-16(22-18(26-12)14-6-4-8-20-11-14)10-17(23)21-15-7-3-5-13(9-15)19(24)25-2/h3-9,11H,10H2,1-2H3,(H,21,23). The fourth-order valence-electron chi connectivity index (χ4n) is 2.40. The molecule has 0 bridgehead atoms. The molecule has 0 unspecified atom stereocenters. The number of rotatable bonds is 5. The molecule has 0 saturated carbocycles. The fourth-order valence-corrected chi connectivity index (χ4v) is 2.40. The average molecular weight is 351 g/mol. The van der Waals surface area contributed by atoms with Gasteiger partial charge in [0.25, 0.3) is 0 Å². The predicted molar refractivity (Wildman–Crippen MR) is 94.6 cm³/mol. The first kappa shape index (κ1) is 17.3. The molecule has 0 atom stereocenters. The van der Waals surface area contributed by atoms with Crippen LogP contribution in [-0.2, 0) is 16.0 Å². The van der Waals surface area contributed by atoms with Gasteiger partial charge in [0.05, 0.1) is 30.4 Å². The second-order valence-electron chi connectivity index (χ2n) is 5.56. The smallest absolute Gasteiger partial charge is 0.337 e. The molecule has 2 aromatic heterocycles. The molecule has 26 heavy (non-hydrogen) atoms. The number of oxazole rings is 1. The molecule has 0 spiro atoms. The number of ether oxygens (including phenoxy) is 1. The van der Waals surface area contributed by atoms with Crippen LogP contribution < -0.4 is 5.32 Å². The number of aromatic nitrogens is 2. The third-order valence-corrected chi connectivity index (χ3v) is 3.70. The van der Waals surface area contributed by atoms with Crippen LogP contribution in [0.2, 0.25) is 0 Å². The first-order valence-electron chi connectivity index (χ1n) is 7.91. The molecule has 0 aliphatic carbocycles. The molecule has 3 aromatic rings. The van der Waals surface area contributed by atoms with Crippen molar-refractivity contribution in [2.45, 2.75) is 13.3 Å². The monoisotopic (exact) mass is 351 g/mol. The Kier molecular flexibility index (Phi) is 5.07. The van der Waals surface area contributed by atoms with E-state index >= 15 is 0 Å². The first-order valence-corrected chi connectivity index (χ1v) is 7.91. The van der Waals surface area contributed by atoms with Crippen LogP contribution in [0.4, 0.5) is 5.69 Å². The van der Waals surface area contributed by atoms with E-state index in [4.69, 9.17) is 4.42 Å². The summed E-state index contributed by atoms with van der Waals surface area (Å²) in [6, 6.07) is 10.2. The second-order valence-corrected chi connectivity index (χ2v) is 5.56. The minimum atomic E-state index is -0.463. The molecule has 0 saturated heterocycles. The van der Waals surface area contributed by atoms with Crippen molar-refractivity contribution in [2.24, 2.45) is 0 Å². The number of amides is 1. The van der Waals surface area contributed by atoms with Crippen molar-refractivity contribution in [3.05, 3.63) is 65.8 Å². The Morgan fingerprint density at radius 2 is 2.08 bits per heavy atom. The van der Waals surface area contributed by atoms with E-state index < -0.39 is 5.97 Å². The van der Waals surface area contributed by atoms with E-state index in [1.165, 1.54) is 7.11 Å². The Labute approximate surface area is 150 Å². The van der Waals surface area contributed by atoms with Crippen molar-refractivity contribution in [3.8, 4) is 11.5 Å². The quantitative estimate of drug-likeness (QED) is 0.710. The molecule has 7 nitrogen and oxygen atoms in total. The molecule has 2 heterocycles. The maximum Gasteiger partial charge on any atom is 0.337 e. The minimum absolute atomic E-state index is 0.0536. The number of hydrogen-bond acceptors (Lipinski definition) is 6. The zero-order chi connectivity index (χ0) is 18.5. The zero-order valence-electron chi connectivity index (χ0n) is 14.4. The van der Waals surface area contributed by atoms with Crippen molar-refractivity contribution in [3.63, 3.8) is 0 Å². The highest BCUT2D eigenvalue weighted by molar-refractivity contribution is 5.95. The number of esters is 1. The molecule has 0 fully saturated rings. The molecule has 132 valence electrons. The van der Waals surface area contributed by atoms with Crippen LogP contribution in [0.15, 0.2) is 53.2 Å². The minimum Gasteiger partial charge on any atom is -0.465 e. The Hall–Kier alpha value is -3.48. The largest absolute Gasteiger partial charge is 0.465 e. The Morgan fingerprint density at radius 1 is 1.23 bits per heavy atom. The molecule has 0 aliphatic heterocycles. The first-order chi connectivity index (χ1) is 12.6. The average Bonchev–Trinajstić information content (AvgIpc) is 3.02. The van der Waals surface area contributed by atoms with Crippen LogP contribution in [0.25, 0.3) is 11.5 Å². The van der Waals surface area contributed by atoms with Gasteiger partial charge in [-0.3, -0.25) is 9.78 Å². The summed E-state index contributed by atoms with van der Waals surface area (Å²) in [4.78, 5) is 32.3. The number of anilines is 1. The van der Waals surface area contributed by atoms with E-state index in [9.17, 15) is 9.59 Å². The normalized spacial score (nSPS) is 10.4. The van der Waals surface area contributed by atoms with Gasteiger partial charge < -0.3 is 14.5 Å². The Morgan fingerprint density at radius 3 is 2.81 bits per heavy atom. The topological polar surface area (TPSA) is 94.3 Å². The van der Waals surface area contributed by atoms with E-state index in [2.05, 4.69) is 20.0 Å². The van der Waals surface area contributed by atoms with Gasteiger partial charge >= 0.3 is 5.97 Å². The molecule has 1 aromatic carbocycles. The third kappa shape index (κ3) is 3.94. The number of carbonyl (C=O) groups excluding carboxylic acids is 2. The lowest BCUT2D eigenvalue weighted by Crippen LogP contribution is -2.15. The van der Waals surface area contributed by atoms with Crippen molar-refractivity contribution in [2.75, 3.05) is 12.4 Å². The number of methoxy groups -OCH3 is 1. The zero-order valence-corrected chi connectivity index (χ0v) is 14.4. The lowest BCUT2D eigenvalue weighted by molar-refractivity contribution is -0.115. The molecule has 0 radical (unpaired) electrons. The SMILES string of the molecule is COC(=O)c1cccc(NC(=O)Cc2nc(-c3cccnc3)oc2C)c1. The highest BCUT2D eigenvalue weighted by atomic mass is 16.5. The maximum atomic E-state index is 12.3. The van der Waals surface area contributed by atoms with Gasteiger partial charge in [-0.25, -0.2) is 9.78 Å². The number of carbonyl (C=O) groups is 2. The number of nitrogens with one attached hydrogen (secondary N) is 1. The van der Waals surface area contributed by atoms with Gasteiger partial charge in [0.2, 0.25) is 11.8 Å². The van der Waals surface area contributed by atoms with E-state index in [0.717, 1.165) is 5.56 Å². The van der Waals surface area contributed by atoms with Crippen LogP contribution in [0.1, 0.15) is 21.8 Å². The summed E-state index contributed by atoms with van der Waals surface area (Å²) in [5, 5.41) is 2.75. The van der Waals surface area contributed by atoms with Gasteiger partial charge in [-0.2, -0.15) is 0 Å². The van der Waals surface area contributed by atoms with E-state index in [-0.39, 0.29) is 12.3 Å². The number of aryl methyl sites for hydroxylation is 1. The van der Waals surface area contributed by atoms with Crippen molar-refractivity contribution >= 4 is 17.6 Å². The van der Waals surface area contributed by atoms with Crippen LogP contribution in [0.5, 0.6) is 0 Å². The molecule has 7 heteroatoms. The van der Waals surface area contributed by atoms with Gasteiger partial charge in [-0.1, -0.05) is 6.07 Å². The summed E-state index contributed by atoms with van der Waals surface area (Å²) >= 11 is 0. The second kappa shape index (κ2) is 7.60. The highest BCUT2D eigenvalue weighted by Gasteiger charge is 2.15. The van der Waals surface area contributed by atoms with Crippen LogP contribution in [0.3, 0.4) is 0 Å². The Bertz CT molecular complexity index is 935. The van der Waals surface area contributed by atoms with Crippen molar-refractivity contribution in [1.29, 1.82) is 0 Å². The molecule has 3 rings (SSSR count). The van der Waals surface area contributed by atoms with Gasteiger partial charge in [0.1, 0.15) is 5.76 Å².